The molecule has 3 aromatic rings. The van der Waals surface area contributed by atoms with Crippen molar-refractivity contribution in [3.05, 3.63) is 46.9 Å². The number of carbonyl (C=O) groups is 1. The van der Waals surface area contributed by atoms with E-state index >= 15 is 0 Å². The normalized spacial score (nSPS) is 16.1. The molecule has 1 saturated carbocycles. The Labute approximate surface area is 162 Å². The third-order valence-corrected chi connectivity index (χ3v) is 5.43. The molecule has 8 nitrogen and oxygen atoms in total. The standard InChI is InChI=1S/C20H21N5O3/c1-24-16-8-9-25(20(26)13-4-3-5-14(10-13)27-2)11-15(16)17(22-24)19-21-18(23-28-19)12-6-7-12/h3-5,10,12H,6-9,11H2,1-2H3. The highest BCUT2D eigenvalue weighted by molar-refractivity contribution is 5.94. The maximum atomic E-state index is 13.0. The van der Waals surface area contributed by atoms with Crippen molar-refractivity contribution < 1.29 is 14.1 Å². The highest BCUT2D eigenvalue weighted by Crippen LogP contribution is 2.39. The molecule has 0 radical (unpaired) electrons. The van der Waals surface area contributed by atoms with Crippen molar-refractivity contribution in [1.82, 2.24) is 24.8 Å². The minimum atomic E-state index is -0.0245. The zero-order chi connectivity index (χ0) is 19.3. The van der Waals surface area contributed by atoms with E-state index in [2.05, 4.69) is 15.2 Å². The van der Waals surface area contributed by atoms with E-state index < -0.39 is 0 Å². The molecule has 1 aromatic carbocycles. The van der Waals surface area contributed by atoms with Crippen LogP contribution in [-0.4, -0.2) is 44.4 Å². The summed E-state index contributed by atoms with van der Waals surface area (Å²) in [6.07, 6.45) is 2.96. The molecule has 28 heavy (non-hydrogen) atoms. The predicted molar refractivity (Wildman–Crippen MR) is 99.9 cm³/mol. The predicted octanol–water partition coefficient (Wildman–Crippen LogP) is 2.55. The molecule has 0 spiro atoms. The molecule has 8 heteroatoms. The molecule has 2 aliphatic rings. The van der Waals surface area contributed by atoms with E-state index in [1.54, 1.807) is 13.2 Å². The van der Waals surface area contributed by atoms with Gasteiger partial charge in [-0.25, -0.2) is 0 Å². The molecule has 3 heterocycles. The second-order valence-electron chi connectivity index (χ2n) is 7.34. The maximum Gasteiger partial charge on any atom is 0.278 e. The van der Waals surface area contributed by atoms with E-state index in [1.807, 2.05) is 34.8 Å². The number of amides is 1. The summed E-state index contributed by atoms with van der Waals surface area (Å²) in [4.78, 5) is 19.4. The molecule has 0 atom stereocenters. The van der Waals surface area contributed by atoms with Gasteiger partial charge in [-0.2, -0.15) is 10.1 Å². The van der Waals surface area contributed by atoms with Gasteiger partial charge in [0, 0.05) is 42.8 Å². The van der Waals surface area contributed by atoms with Gasteiger partial charge in [0.15, 0.2) is 11.5 Å². The van der Waals surface area contributed by atoms with Gasteiger partial charge in [-0.05, 0) is 31.0 Å². The lowest BCUT2D eigenvalue weighted by Gasteiger charge is -2.27. The van der Waals surface area contributed by atoms with Crippen LogP contribution in [0.5, 0.6) is 5.75 Å². The first-order valence-corrected chi connectivity index (χ1v) is 9.46. The number of benzene rings is 1. The topological polar surface area (TPSA) is 86.3 Å². The molecule has 0 N–H and O–H groups in total. The van der Waals surface area contributed by atoms with Crippen molar-refractivity contribution >= 4 is 5.91 Å². The lowest BCUT2D eigenvalue weighted by Crippen LogP contribution is -2.36. The Morgan fingerprint density at radius 3 is 2.96 bits per heavy atom. The van der Waals surface area contributed by atoms with Gasteiger partial charge < -0.3 is 14.2 Å². The Hall–Kier alpha value is -3.16. The van der Waals surface area contributed by atoms with E-state index in [4.69, 9.17) is 9.26 Å². The molecule has 1 amide bonds. The first-order valence-electron chi connectivity index (χ1n) is 9.46. The number of aromatic nitrogens is 4. The highest BCUT2D eigenvalue weighted by atomic mass is 16.5. The molecular weight excluding hydrogens is 358 g/mol. The maximum absolute atomic E-state index is 13.0. The van der Waals surface area contributed by atoms with Gasteiger partial charge >= 0.3 is 0 Å². The molecule has 0 unspecified atom stereocenters. The van der Waals surface area contributed by atoms with Crippen LogP contribution >= 0.6 is 0 Å². The minimum absolute atomic E-state index is 0.0245. The number of methoxy groups -OCH3 is 1. The Bertz CT molecular complexity index is 1050. The summed E-state index contributed by atoms with van der Waals surface area (Å²) in [5, 5.41) is 8.72. The number of hydrogen-bond acceptors (Lipinski definition) is 6. The summed E-state index contributed by atoms with van der Waals surface area (Å²) in [6.45, 7) is 1.11. The fourth-order valence-corrected chi connectivity index (χ4v) is 3.71. The first-order chi connectivity index (χ1) is 13.6. The SMILES string of the molecule is COc1cccc(C(=O)N2CCc3c(c(-c4nc(C5CC5)no4)nn3C)C2)c1. The quantitative estimate of drug-likeness (QED) is 0.692. The smallest absolute Gasteiger partial charge is 0.278 e. The van der Waals surface area contributed by atoms with Gasteiger partial charge in [-0.3, -0.25) is 9.48 Å². The van der Waals surface area contributed by atoms with E-state index in [9.17, 15) is 4.79 Å². The lowest BCUT2D eigenvalue weighted by molar-refractivity contribution is 0.0733. The molecule has 1 aliphatic carbocycles. The highest BCUT2D eigenvalue weighted by Gasteiger charge is 2.32. The minimum Gasteiger partial charge on any atom is -0.497 e. The summed E-state index contributed by atoms with van der Waals surface area (Å²) < 4.78 is 12.6. The average molecular weight is 379 g/mol. The van der Waals surface area contributed by atoms with Crippen molar-refractivity contribution in [3.63, 3.8) is 0 Å². The molecular formula is C20H21N5O3. The second kappa shape index (κ2) is 6.47. The van der Waals surface area contributed by atoms with Crippen LogP contribution in [0.2, 0.25) is 0 Å². The molecule has 5 rings (SSSR count). The molecule has 1 fully saturated rings. The van der Waals surface area contributed by atoms with Gasteiger partial charge in [-0.1, -0.05) is 11.2 Å². The fraction of sp³-hybridized carbons (Fsp3) is 0.400. The number of nitrogens with zero attached hydrogens (tertiary/aromatic N) is 5. The van der Waals surface area contributed by atoms with Gasteiger partial charge in [0.2, 0.25) is 0 Å². The zero-order valence-corrected chi connectivity index (χ0v) is 15.9. The number of rotatable bonds is 4. The molecule has 1 aliphatic heterocycles. The Morgan fingerprint density at radius 2 is 2.18 bits per heavy atom. The van der Waals surface area contributed by atoms with E-state index in [0.29, 0.717) is 41.9 Å². The third kappa shape index (κ3) is 2.85. The average Bonchev–Trinajstić information content (AvgIpc) is 3.38. The molecule has 0 bridgehead atoms. The van der Waals surface area contributed by atoms with Crippen molar-refractivity contribution in [3.8, 4) is 17.3 Å². The number of ether oxygens (including phenoxy) is 1. The summed E-state index contributed by atoms with van der Waals surface area (Å²) in [5.74, 6) is 2.26. The van der Waals surface area contributed by atoms with Crippen molar-refractivity contribution in [1.29, 1.82) is 0 Å². The summed E-state index contributed by atoms with van der Waals surface area (Å²) in [7, 11) is 3.51. The van der Waals surface area contributed by atoms with Crippen LogP contribution in [0.3, 0.4) is 0 Å². The van der Waals surface area contributed by atoms with Crippen LogP contribution < -0.4 is 4.74 Å². The van der Waals surface area contributed by atoms with Gasteiger partial charge in [-0.15, -0.1) is 0 Å². The monoisotopic (exact) mass is 379 g/mol. The summed E-state index contributed by atoms with van der Waals surface area (Å²) in [5.41, 5.74) is 3.38. The summed E-state index contributed by atoms with van der Waals surface area (Å²) >= 11 is 0. The largest absolute Gasteiger partial charge is 0.497 e. The van der Waals surface area contributed by atoms with Gasteiger partial charge in [0.25, 0.3) is 11.8 Å². The van der Waals surface area contributed by atoms with E-state index in [-0.39, 0.29) is 5.91 Å². The number of fused-ring (bicyclic) bond motifs is 1. The van der Waals surface area contributed by atoms with Gasteiger partial charge in [0.1, 0.15) is 5.75 Å². The van der Waals surface area contributed by atoms with Crippen LogP contribution in [0.1, 0.15) is 46.2 Å². The van der Waals surface area contributed by atoms with Crippen molar-refractivity contribution in [2.24, 2.45) is 7.05 Å². The Morgan fingerprint density at radius 1 is 1.32 bits per heavy atom. The number of aryl methyl sites for hydroxylation is 1. The van der Waals surface area contributed by atoms with Crippen molar-refractivity contribution in [2.75, 3.05) is 13.7 Å². The fourth-order valence-electron chi connectivity index (χ4n) is 3.71. The first kappa shape index (κ1) is 17.0. The van der Waals surface area contributed by atoms with Crippen LogP contribution in [-0.2, 0) is 20.0 Å². The van der Waals surface area contributed by atoms with Crippen LogP contribution in [0.25, 0.3) is 11.6 Å². The van der Waals surface area contributed by atoms with Crippen LogP contribution in [0.4, 0.5) is 0 Å². The number of hydrogen-bond donors (Lipinski definition) is 0. The number of carbonyl (C=O) groups excluding carboxylic acids is 1. The Balaban J connectivity index is 1.45. The van der Waals surface area contributed by atoms with E-state index in [1.165, 1.54) is 0 Å². The Kier molecular flexibility index (Phi) is 3.92. The zero-order valence-electron chi connectivity index (χ0n) is 15.9. The molecule has 0 saturated heterocycles. The van der Waals surface area contributed by atoms with Crippen LogP contribution in [0.15, 0.2) is 28.8 Å². The second-order valence-corrected chi connectivity index (χ2v) is 7.34. The molecule has 144 valence electrons. The van der Waals surface area contributed by atoms with Crippen LogP contribution in [0, 0.1) is 0 Å². The van der Waals surface area contributed by atoms with Gasteiger partial charge in [0.05, 0.1) is 13.7 Å². The molecule has 2 aromatic heterocycles. The van der Waals surface area contributed by atoms with Crippen molar-refractivity contribution in [2.45, 2.75) is 31.7 Å². The third-order valence-electron chi connectivity index (χ3n) is 5.43. The lowest BCUT2D eigenvalue weighted by atomic mass is 10.0. The summed E-state index contributed by atoms with van der Waals surface area (Å²) in [6, 6.07) is 7.23. The van der Waals surface area contributed by atoms with E-state index in [0.717, 1.165) is 36.3 Å².